The smallest absolute Gasteiger partial charge is 0.255 e. The van der Waals surface area contributed by atoms with E-state index >= 15 is 0 Å². The fourth-order valence-electron chi connectivity index (χ4n) is 2.56. The lowest BCUT2D eigenvalue weighted by Gasteiger charge is -2.31. The Balaban J connectivity index is 2.32. The molecule has 0 saturated carbocycles. The van der Waals surface area contributed by atoms with E-state index in [-0.39, 0.29) is 29.6 Å². The Bertz CT molecular complexity index is 740. The highest BCUT2D eigenvalue weighted by Gasteiger charge is 2.29. The van der Waals surface area contributed by atoms with Crippen molar-refractivity contribution in [2.75, 3.05) is 33.3 Å². The zero-order chi connectivity index (χ0) is 18.6. The van der Waals surface area contributed by atoms with Gasteiger partial charge < -0.3 is 15.0 Å². The predicted octanol–water partition coefficient (Wildman–Crippen LogP) is 0.296. The predicted molar refractivity (Wildman–Crippen MR) is 92.0 cm³/mol. The van der Waals surface area contributed by atoms with E-state index < -0.39 is 15.9 Å². The monoisotopic (exact) mass is 369 g/mol. The van der Waals surface area contributed by atoms with E-state index in [2.05, 4.69) is 5.32 Å². The van der Waals surface area contributed by atoms with Crippen molar-refractivity contribution in [2.24, 2.45) is 0 Å². The molecular formula is C16H23N3O5S. The third kappa shape index (κ3) is 4.29. The molecule has 25 heavy (non-hydrogen) atoms. The zero-order valence-electron chi connectivity index (χ0n) is 14.6. The number of benzene rings is 1. The summed E-state index contributed by atoms with van der Waals surface area (Å²) in [7, 11) is -2.32. The number of rotatable bonds is 6. The summed E-state index contributed by atoms with van der Waals surface area (Å²) < 4.78 is 32.1. The van der Waals surface area contributed by atoms with Gasteiger partial charge in [-0.15, -0.1) is 0 Å². The molecule has 2 amide bonds. The van der Waals surface area contributed by atoms with Gasteiger partial charge in [0.1, 0.15) is 5.75 Å². The number of carbonyl (C=O) groups excluding carboxylic acids is 2. The average molecular weight is 369 g/mol. The molecule has 0 bridgehead atoms. The topological polar surface area (TPSA) is 96.0 Å². The van der Waals surface area contributed by atoms with Crippen LogP contribution in [0.1, 0.15) is 24.2 Å². The first-order valence-corrected chi connectivity index (χ1v) is 9.42. The summed E-state index contributed by atoms with van der Waals surface area (Å²) in [5.41, 5.74) is 0.170. The van der Waals surface area contributed by atoms with Crippen molar-refractivity contribution in [1.82, 2.24) is 14.5 Å². The molecule has 1 aliphatic rings. The maximum absolute atomic E-state index is 12.8. The molecular weight excluding hydrogens is 346 g/mol. The zero-order valence-corrected chi connectivity index (χ0v) is 15.4. The average Bonchev–Trinajstić information content (AvgIpc) is 2.60. The highest BCUT2D eigenvalue weighted by molar-refractivity contribution is 7.89. The van der Waals surface area contributed by atoms with E-state index in [9.17, 15) is 18.0 Å². The van der Waals surface area contributed by atoms with Crippen molar-refractivity contribution in [3.8, 4) is 5.75 Å². The van der Waals surface area contributed by atoms with E-state index in [1.165, 1.54) is 34.5 Å². The number of nitrogens with one attached hydrogen (secondary N) is 1. The van der Waals surface area contributed by atoms with Crippen LogP contribution in [-0.2, 0) is 14.8 Å². The number of ether oxygens (including phenoxy) is 1. The number of sulfonamides is 1. The molecule has 0 aliphatic carbocycles. The molecule has 1 N–H and O–H groups in total. The van der Waals surface area contributed by atoms with Crippen LogP contribution in [0.5, 0.6) is 5.75 Å². The molecule has 2 rings (SSSR count). The molecule has 138 valence electrons. The summed E-state index contributed by atoms with van der Waals surface area (Å²) in [6, 6.07) is 4.14. The second-order valence-corrected chi connectivity index (χ2v) is 7.97. The second-order valence-electron chi connectivity index (χ2n) is 6.04. The number of carbonyl (C=O) groups is 2. The minimum absolute atomic E-state index is 0.0294. The van der Waals surface area contributed by atoms with Crippen LogP contribution >= 0.6 is 0 Å². The van der Waals surface area contributed by atoms with E-state index in [0.29, 0.717) is 25.2 Å². The van der Waals surface area contributed by atoms with Gasteiger partial charge in [-0.3, -0.25) is 9.59 Å². The van der Waals surface area contributed by atoms with E-state index in [1.807, 2.05) is 13.8 Å². The molecule has 1 aromatic carbocycles. The highest BCUT2D eigenvalue weighted by Crippen LogP contribution is 2.25. The Morgan fingerprint density at radius 1 is 1.24 bits per heavy atom. The lowest BCUT2D eigenvalue weighted by atomic mass is 10.2. The standard InChI is InChI=1S/C16H23N3O5S/c1-12(2)17-16(21)14-10-13(4-5-15(14)24-3)25(22,23)19-8-6-18(11-20)7-9-19/h4-5,10-12H,6-9H2,1-3H3,(H,17,21). The van der Waals surface area contributed by atoms with Gasteiger partial charge in [0.25, 0.3) is 5.91 Å². The molecule has 1 heterocycles. The van der Waals surface area contributed by atoms with Gasteiger partial charge >= 0.3 is 0 Å². The quantitative estimate of drug-likeness (QED) is 0.728. The van der Waals surface area contributed by atoms with E-state index in [4.69, 9.17) is 4.74 Å². The van der Waals surface area contributed by atoms with Gasteiger partial charge in [0.05, 0.1) is 17.6 Å². The molecule has 1 fully saturated rings. The van der Waals surface area contributed by atoms with Gasteiger partial charge in [-0.05, 0) is 32.0 Å². The lowest BCUT2D eigenvalue weighted by Crippen LogP contribution is -2.48. The number of amides is 2. The van der Waals surface area contributed by atoms with Crippen LogP contribution in [0.4, 0.5) is 0 Å². The van der Waals surface area contributed by atoms with Gasteiger partial charge in [0, 0.05) is 32.2 Å². The van der Waals surface area contributed by atoms with Gasteiger partial charge in [-0.2, -0.15) is 4.31 Å². The van der Waals surface area contributed by atoms with Gasteiger partial charge in [0.15, 0.2) is 0 Å². The van der Waals surface area contributed by atoms with Crippen molar-refractivity contribution < 1.29 is 22.7 Å². The fraction of sp³-hybridized carbons (Fsp3) is 0.500. The Labute approximate surface area is 147 Å². The third-order valence-corrected chi connectivity index (χ3v) is 5.79. The first-order chi connectivity index (χ1) is 11.8. The molecule has 0 spiro atoms. The van der Waals surface area contributed by atoms with Crippen LogP contribution < -0.4 is 10.1 Å². The van der Waals surface area contributed by atoms with Crippen molar-refractivity contribution >= 4 is 22.3 Å². The summed E-state index contributed by atoms with van der Waals surface area (Å²) in [5.74, 6) is -0.0856. The molecule has 1 aliphatic heterocycles. The number of nitrogens with zero attached hydrogens (tertiary/aromatic N) is 2. The minimum atomic E-state index is -3.75. The third-order valence-electron chi connectivity index (χ3n) is 3.90. The van der Waals surface area contributed by atoms with Gasteiger partial charge in [0.2, 0.25) is 16.4 Å². The van der Waals surface area contributed by atoms with Gasteiger partial charge in [-0.1, -0.05) is 0 Å². The van der Waals surface area contributed by atoms with E-state index in [1.54, 1.807) is 0 Å². The molecule has 1 saturated heterocycles. The van der Waals surface area contributed by atoms with Gasteiger partial charge in [-0.25, -0.2) is 8.42 Å². The van der Waals surface area contributed by atoms with Crippen molar-refractivity contribution in [2.45, 2.75) is 24.8 Å². The van der Waals surface area contributed by atoms with Crippen LogP contribution in [0.3, 0.4) is 0 Å². The SMILES string of the molecule is COc1ccc(S(=O)(=O)N2CCN(C=O)CC2)cc1C(=O)NC(C)C. The highest BCUT2D eigenvalue weighted by atomic mass is 32.2. The van der Waals surface area contributed by atoms with E-state index in [0.717, 1.165) is 0 Å². The Kier molecular flexibility index (Phi) is 6.02. The van der Waals surface area contributed by atoms with Crippen molar-refractivity contribution in [3.63, 3.8) is 0 Å². The van der Waals surface area contributed by atoms with Crippen LogP contribution in [-0.4, -0.2) is 69.3 Å². The maximum Gasteiger partial charge on any atom is 0.255 e. The molecule has 8 nitrogen and oxygen atoms in total. The Hall–Kier alpha value is -2.13. The first kappa shape index (κ1) is 19.2. The molecule has 1 aromatic rings. The second kappa shape index (κ2) is 7.83. The number of hydrogen-bond donors (Lipinski definition) is 1. The number of hydrogen-bond acceptors (Lipinski definition) is 5. The van der Waals surface area contributed by atoms with Crippen molar-refractivity contribution in [1.29, 1.82) is 0 Å². The molecule has 0 atom stereocenters. The minimum Gasteiger partial charge on any atom is -0.496 e. The molecule has 0 aromatic heterocycles. The lowest BCUT2D eigenvalue weighted by molar-refractivity contribution is -0.119. The van der Waals surface area contributed by atoms with Crippen LogP contribution in [0.2, 0.25) is 0 Å². The Morgan fingerprint density at radius 2 is 1.88 bits per heavy atom. The van der Waals surface area contributed by atoms with Crippen LogP contribution in [0.25, 0.3) is 0 Å². The first-order valence-electron chi connectivity index (χ1n) is 7.98. The normalized spacial score (nSPS) is 15.9. The summed E-state index contributed by atoms with van der Waals surface area (Å²) in [6.07, 6.45) is 0.714. The summed E-state index contributed by atoms with van der Waals surface area (Å²) in [6.45, 7) is 4.77. The molecule has 0 unspecified atom stereocenters. The summed E-state index contributed by atoms with van der Waals surface area (Å²) in [4.78, 5) is 24.6. The summed E-state index contributed by atoms with van der Waals surface area (Å²) in [5, 5.41) is 2.73. The van der Waals surface area contributed by atoms with Crippen molar-refractivity contribution in [3.05, 3.63) is 23.8 Å². The van der Waals surface area contributed by atoms with Crippen LogP contribution in [0.15, 0.2) is 23.1 Å². The number of piperazine rings is 1. The maximum atomic E-state index is 12.8. The Morgan fingerprint density at radius 3 is 2.40 bits per heavy atom. The summed E-state index contributed by atoms with van der Waals surface area (Å²) >= 11 is 0. The largest absolute Gasteiger partial charge is 0.496 e. The van der Waals surface area contributed by atoms with Crippen LogP contribution in [0, 0.1) is 0 Å². The molecule has 0 radical (unpaired) electrons. The number of methoxy groups -OCH3 is 1. The fourth-order valence-corrected chi connectivity index (χ4v) is 4.01. The molecule has 9 heteroatoms.